The number of hydrogen-bond donors (Lipinski definition) is 0. The summed E-state index contributed by atoms with van der Waals surface area (Å²) in [5.74, 6) is 0. The van der Waals surface area contributed by atoms with Gasteiger partial charge in [-0.05, 0) is 0 Å². The van der Waals surface area contributed by atoms with Gasteiger partial charge in [0.15, 0.2) is 24.8 Å². The zero-order valence-corrected chi connectivity index (χ0v) is 10.7. The van der Waals surface area contributed by atoms with Crippen LogP contribution in [-0.2, 0) is 14.3 Å². The Hall–Kier alpha value is -1.79. The van der Waals surface area contributed by atoms with Gasteiger partial charge in [-0.25, -0.2) is 0 Å². The van der Waals surface area contributed by atoms with Crippen molar-refractivity contribution in [3.05, 3.63) is 61.2 Å². The zero-order valence-electron chi connectivity index (χ0n) is 9.88. The number of aromatic nitrogens is 2. The van der Waals surface area contributed by atoms with Gasteiger partial charge in [0, 0.05) is 24.3 Å². The van der Waals surface area contributed by atoms with Crippen molar-refractivity contribution >= 4 is 10.1 Å². The van der Waals surface area contributed by atoms with Gasteiger partial charge in [0.25, 0.3) is 10.1 Å². The smallest absolute Gasteiger partial charge is 0.199 e. The molecule has 0 aliphatic rings. The number of pyridine rings is 2. The quantitative estimate of drug-likeness (QED) is 0.588. The van der Waals surface area contributed by atoms with Crippen LogP contribution in [-0.4, -0.2) is 14.7 Å². The highest BCUT2D eigenvalue weighted by atomic mass is 32.2. The van der Waals surface area contributed by atoms with Crippen LogP contribution >= 0.6 is 0 Å². The van der Waals surface area contributed by atoms with E-state index in [1.54, 1.807) is 33.9 Å². The van der Waals surface area contributed by atoms with E-state index in [2.05, 4.69) is 0 Å². The van der Waals surface area contributed by atoms with Crippen molar-refractivity contribution in [2.75, 3.05) is 6.26 Å². The molecule has 0 fully saturated rings. The van der Waals surface area contributed by atoms with E-state index >= 15 is 0 Å². The van der Waals surface area contributed by atoms with E-state index in [-0.39, 0.29) is 0 Å². The van der Waals surface area contributed by atoms with E-state index in [0.717, 1.165) is 6.26 Å². The number of rotatable bonds is 4. The highest BCUT2D eigenvalue weighted by Gasteiger charge is 2.32. The molecule has 0 aromatic carbocycles. The van der Waals surface area contributed by atoms with Crippen LogP contribution in [0.3, 0.4) is 0 Å². The summed E-state index contributed by atoms with van der Waals surface area (Å²) in [5.41, 5.74) is 0. The van der Waals surface area contributed by atoms with Crippen LogP contribution in [0.1, 0.15) is 6.35 Å². The molecular weight excluding hydrogens is 252 g/mol. The van der Waals surface area contributed by atoms with Gasteiger partial charge < -0.3 is 0 Å². The molecule has 2 rings (SSSR count). The summed E-state index contributed by atoms with van der Waals surface area (Å²) in [6, 6.07) is 10.9. The Morgan fingerprint density at radius 3 is 1.56 bits per heavy atom. The van der Waals surface area contributed by atoms with Crippen LogP contribution in [0.2, 0.25) is 0 Å². The maximum atomic E-state index is 11.3. The molecule has 5 nitrogen and oxygen atoms in total. The molecule has 0 atom stereocenters. The minimum Gasteiger partial charge on any atom is -0.199 e. The summed E-state index contributed by atoms with van der Waals surface area (Å²) in [4.78, 5) is 0. The molecule has 94 valence electrons. The van der Waals surface area contributed by atoms with Gasteiger partial charge >= 0.3 is 6.35 Å². The Kier molecular flexibility index (Phi) is 3.69. The van der Waals surface area contributed by atoms with E-state index in [4.69, 9.17) is 4.18 Å². The molecule has 0 aliphatic heterocycles. The maximum absolute atomic E-state index is 11.3. The molecule has 0 amide bonds. The first-order valence-corrected chi connectivity index (χ1v) is 7.18. The first-order valence-electron chi connectivity index (χ1n) is 5.36. The number of nitrogens with zero attached hydrogens (tertiary/aromatic N) is 2. The minimum atomic E-state index is -3.56. The molecule has 2 heterocycles. The van der Waals surface area contributed by atoms with E-state index in [1.165, 1.54) is 0 Å². The summed E-state index contributed by atoms with van der Waals surface area (Å²) >= 11 is 0. The third-order valence-electron chi connectivity index (χ3n) is 2.25. The van der Waals surface area contributed by atoms with Crippen LogP contribution in [0.15, 0.2) is 61.2 Å². The minimum absolute atomic E-state index is 0.762. The Bertz CT molecular complexity index is 560. The van der Waals surface area contributed by atoms with E-state index < -0.39 is 16.5 Å². The lowest BCUT2D eigenvalue weighted by Crippen LogP contribution is -2.58. The van der Waals surface area contributed by atoms with Crippen molar-refractivity contribution in [2.24, 2.45) is 0 Å². The standard InChI is InChI=1S/C12H14N2O3S/c1-18(15,16)17-12(13-8-4-2-5-9-13)14-10-6-3-7-11-14/h2-12H,1H3/q+2. The molecule has 6 heteroatoms. The second-order valence-electron chi connectivity index (χ2n) is 3.77. The van der Waals surface area contributed by atoms with Crippen LogP contribution in [0.5, 0.6) is 0 Å². The van der Waals surface area contributed by atoms with Crippen molar-refractivity contribution in [2.45, 2.75) is 6.35 Å². The van der Waals surface area contributed by atoms with Gasteiger partial charge in [0.1, 0.15) is 0 Å². The highest BCUT2D eigenvalue weighted by Crippen LogP contribution is 2.00. The molecular formula is C12H14N2O3S+2. The van der Waals surface area contributed by atoms with Gasteiger partial charge in [0.05, 0.1) is 6.26 Å². The van der Waals surface area contributed by atoms with E-state index in [0.29, 0.717) is 0 Å². The van der Waals surface area contributed by atoms with Crippen molar-refractivity contribution in [1.82, 2.24) is 0 Å². The Labute approximate surface area is 106 Å². The largest absolute Gasteiger partial charge is 0.488 e. The topological polar surface area (TPSA) is 51.1 Å². The summed E-state index contributed by atoms with van der Waals surface area (Å²) in [6.45, 7) is 0. The molecule has 0 saturated heterocycles. The average molecular weight is 266 g/mol. The third-order valence-corrected chi connectivity index (χ3v) is 2.77. The van der Waals surface area contributed by atoms with Crippen LogP contribution < -0.4 is 9.13 Å². The van der Waals surface area contributed by atoms with Crippen molar-refractivity contribution in [3.63, 3.8) is 0 Å². The average Bonchev–Trinajstić information content (AvgIpc) is 2.37. The maximum Gasteiger partial charge on any atom is 0.488 e. The summed E-state index contributed by atoms with van der Waals surface area (Å²) < 4.78 is 31.1. The third kappa shape index (κ3) is 3.35. The molecule has 0 saturated carbocycles. The predicted octanol–water partition coefficient (Wildman–Crippen LogP) is 0.242. The first-order chi connectivity index (χ1) is 8.56. The lowest BCUT2D eigenvalue weighted by molar-refractivity contribution is -0.977. The molecule has 18 heavy (non-hydrogen) atoms. The molecule has 0 radical (unpaired) electrons. The normalized spacial score (nSPS) is 11.7. The Morgan fingerprint density at radius 2 is 1.22 bits per heavy atom. The van der Waals surface area contributed by atoms with Gasteiger partial charge in [-0.3, -0.25) is 0 Å². The summed E-state index contributed by atoms with van der Waals surface area (Å²) in [6.07, 6.45) is 7.26. The predicted molar refractivity (Wildman–Crippen MR) is 63.6 cm³/mol. The van der Waals surface area contributed by atoms with Gasteiger partial charge in [-0.1, -0.05) is 12.1 Å². The second-order valence-corrected chi connectivity index (χ2v) is 5.37. The molecule has 0 spiro atoms. The number of hydrogen-bond acceptors (Lipinski definition) is 3. The van der Waals surface area contributed by atoms with Crippen LogP contribution in [0.25, 0.3) is 0 Å². The van der Waals surface area contributed by atoms with Crippen LogP contribution in [0.4, 0.5) is 0 Å². The lowest BCUT2D eigenvalue weighted by atomic mass is 10.4. The highest BCUT2D eigenvalue weighted by molar-refractivity contribution is 7.85. The van der Waals surface area contributed by atoms with Gasteiger partial charge in [0.2, 0.25) is 0 Å². The fourth-order valence-corrected chi connectivity index (χ4v) is 2.04. The molecule has 0 bridgehead atoms. The Balaban J connectivity index is 2.42. The van der Waals surface area contributed by atoms with Crippen LogP contribution in [0, 0.1) is 0 Å². The summed E-state index contributed by atoms with van der Waals surface area (Å²) in [7, 11) is -3.56. The molecule has 0 unspecified atom stereocenters. The van der Waals surface area contributed by atoms with Gasteiger partial charge in [-0.2, -0.15) is 8.42 Å². The van der Waals surface area contributed by atoms with Crippen molar-refractivity contribution in [1.29, 1.82) is 0 Å². The SMILES string of the molecule is CS(=O)(=O)OC([n+]1ccccc1)[n+]1ccccc1. The monoisotopic (exact) mass is 266 g/mol. The molecule has 2 aromatic rings. The van der Waals surface area contributed by atoms with E-state index in [1.807, 2.05) is 36.4 Å². The zero-order chi connectivity index (χ0) is 13.0. The van der Waals surface area contributed by atoms with Crippen molar-refractivity contribution < 1.29 is 21.7 Å². The fourth-order valence-electron chi connectivity index (χ4n) is 1.53. The molecule has 0 aliphatic carbocycles. The van der Waals surface area contributed by atoms with Crippen molar-refractivity contribution in [3.8, 4) is 0 Å². The second kappa shape index (κ2) is 5.24. The molecule has 2 aromatic heterocycles. The first kappa shape index (κ1) is 12.7. The lowest BCUT2D eigenvalue weighted by Gasteiger charge is -2.06. The summed E-state index contributed by atoms with van der Waals surface area (Å²) in [5, 5.41) is 0. The van der Waals surface area contributed by atoms with Gasteiger partial charge in [-0.15, -0.1) is 13.3 Å². The fraction of sp³-hybridized carbons (Fsp3) is 0.167. The molecule has 0 N–H and O–H groups in total. The Morgan fingerprint density at radius 1 is 0.833 bits per heavy atom. The van der Waals surface area contributed by atoms with E-state index in [9.17, 15) is 8.42 Å².